The van der Waals surface area contributed by atoms with E-state index in [2.05, 4.69) is 187 Å². The first kappa shape index (κ1) is 33.4. The summed E-state index contributed by atoms with van der Waals surface area (Å²) in [6, 6.07) is 65.7. The van der Waals surface area contributed by atoms with Crippen molar-refractivity contribution in [1.82, 2.24) is 14.5 Å². The van der Waals surface area contributed by atoms with Crippen LogP contribution in [-0.4, -0.2) is 14.5 Å². The summed E-state index contributed by atoms with van der Waals surface area (Å²) in [6.45, 7) is 0. The Morgan fingerprint density at radius 3 is 1.59 bits per heavy atom. The quantitative estimate of drug-likeness (QED) is 0.155. The largest absolute Gasteiger partial charge is 0.308 e. The Morgan fingerprint density at radius 2 is 0.915 bits per heavy atom. The van der Waals surface area contributed by atoms with Gasteiger partial charge in [-0.15, -0.1) is 0 Å². The van der Waals surface area contributed by atoms with Gasteiger partial charge in [-0.3, -0.25) is 9.97 Å². The molecule has 5 heteroatoms. The molecular weight excluding hydrogens is 754 g/mol. The van der Waals surface area contributed by atoms with E-state index >= 15 is 0 Å². The molecule has 59 heavy (non-hydrogen) atoms. The molecule has 2 unspecified atom stereocenters. The van der Waals surface area contributed by atoms with Gasteiger partial charge in [-0.1, -0.05) is 145 Å². The van der Waals surface area contributed by atoms with Gasteiger partial charge in [0.1, 0.15) is 0 Å². The normalized spacial score (nSPS) is 16.5. The van der Waals surface area contributed by atoms with Gasteiger partial charge in [-0.2, -0.15) is 9.90 Å². The van der Waals surface area contributed by atoms with E-state index in [0.29, 0.717) is 0 Å². The van der Waals surface area contributed by atoms with Crippen LogP contribution in [0.2, 0.25) is 0 Å². The summed E-state index contributed by atoms with van der Waals surface area (Å²) in [5.74, 6) is 0. The molecule has 1 aliphatic heterocycles. The standard InChI is InChI=1S/C54H31N3S.H3P/c1-6-19-39-33(14-1)34-15-2-7-20-40(34)53(39)41-21-8-3-16-35(41)38-29-45-50(30-44(38)53)58-49-26-12-9-22-42(49)54(45)43-23-13-27-55-51(43)52-46(54)28-32(31-56-52)57-47-24-10-4-17-36(47)37-18-5-11-25-48(37)57;/h1-31H;1H3. The lowest BCUT2D eigenvalue weighted by atomic mass is 9.66. The number of fused-ring (bicyclic) bond motifs is 22. The number of para-hydroxylation sites is 2. The van der Waals surface area contributed by atoms with Crippen LogP contribution in [0.4, 0.5) is 0 Å². The Balaban J connectivity index is 0.00000360. The summed E-state index contributed by atoms with van der Waals surface area (Å²) >= 11 is 1.90. The van der Waals surface area contributed by atoms with Crippen LogP contribution in [0.3, 0.4) is 0 Å². The summed E-state index contributed by atoms with van der Waals surface area (Å²) in [5, 5.41) is 2.47. The van der Waals surface area contributed by atoms with Crippen molar-refractivity contribution >= 4 is 43.5 Å². The fraction of sp³-hybridized carbons (Fsp3) is 0.0370. The van der Waals surface area contributed by atoms with Crippen LogP contribution in [0.15, 0.2) is 198 Å². The number of pyridine rings is 2. The van der Waals surface area contributed by atoms with Gasteiger partial charge in [0.15, 0.2) is 0 Å². The lowest BCUT2D eigenvalue weighted by Crippen LogP contribution is -2.33. The maximum absolute atomic E-state index is 5.39. The van der Waals surface area contributed by atoms with Crippen LogP contribution in [-0.2, 0) is 10.8 Å². The summed E-state index contributed by atoms with van der Waals surface area (Å²) in [7, 11) is 0. The van der Waals surface area contributed by atoms with Crippen molar-refractivity contribution in [3.8, 4) is 39.3 Å². The number of hydrogen-bond donors (Lipinski definition) is 0. The van der Waals surface area contributed by atoms with E-state index in [-0.39, 0.29) is 9.90 Å². The SMILES string of the molecule is P.c1ccc2c(c1)Sc1cc3c(cc1C21c2cccnc2-c2ncc(-n4c5ccccc5c5ccccc54)cc21)-c1ccccc1C31c2ccccc2-c2ccccc21. The Labute approximate surface area is 349 Å². The summed E-state index contributed by atoms with van der Waals surface area (Å²) in [4.78, 5) is 13.1. The second-order valence-corrected chi connectivity index (χ2v) is 17.1. The van der Waals surface area contributed by atoms with Gasteiger partial charge in [-0.05, 0) is 104 Å². The molecule has 7 aromatic carbocycles. The fourth-order valence-electron chi connectivity index (χ4n) is 11.5. The fourth-order valence-corrected chi connectivity index (χ4v) is 12.7. The molecule has 0 bridgehead atoms. The number of nitrogens with zero attached hydrogens (tertiary/aromatic N) is 3. The maximum Gasteiger partial charge on any atom is 0.0939 e. The van der Waals surface area contributed by atoms with Crippen molar-refractivity contribution in [3.05, 3.63) is 233 Å². The number of hydrogen-bond acceptors (Lipinski definition) is 3. The molecule has 0 amide bonds. The molecule has 14 rings (SSSR count). The van der Waals surface area contributed by atoms with Crippen LogP contribution < -0.4 is 0 Å². The van der Waals surface area contributed by atoms with Gasteiger partial charge in [0.2, 0.25) is 0 Å². The predicted octanol–water partition coefficient (Wildman–Crippen LogP) is 12.8. The third kappa shape index (κ3) is 3.90. The molecule has 4 heterocycles. The van der Waals surface area contributed by atoms with E-state index in [4.69, 9.17) is 9.97 Å². The molecule has 0 radical (unpaired) electrons. The van der Waals surface area contributed by atoms with E-state index in [1.165, 1.54) is 98.4 Å². The van der Waals surface area contributed by atoms with Crippen LogP contribution in [0.5, 0.6) is 0 Å². The molecule has 0 N–H and O–H groups in total. The van der Waals surface area contributed by atoms with Gasteiger partial charge in [0, 0.05) is 32.3 Å². The third-order valence-corrected chi connectivity index (χ3v) is 14.7. The number of benzene rings is 7. The molecule has 3 nitrogen and oxygen atoms in total. The summed E-state index contributed by atoms with van der Waals surface area (Å²) in [5.41, 5.74) is 19.8. The Morgan fingerprint density at radius 1 is 0.390 bits per heavy atom. The Hall–Kier alpha value is -6.58. The molecule has 3 aliphatic carbocycles. The molecule has 4 aliphatic rings. The van der Waals surface area contributed by atoms with Crippen LogP contribution in [0.25, 0.3) is 61.1 Å². The zero-order valence-corrected chi connectivity index (χ0v) is 34.1. The van der Waals surface area contributed by atoms with Gasteiger partial charge in [0.25, 0.3) is 0 Å². The van der Waals surface area contributed by atoms with E-state index in [9.17, 15) is 0 Å². The molecule has 0 saturated heterocycles. The molecule has 10 aromatic rings. The van der Waals surface area contributed by atoms with Crippen LogP contribution in [0, 0.1) is 0 Å². The van der Waals surface area contributed by atoms with Crippen molar-refractivity contribution in [2.75, 3.05) is 0 Å². The predicted molar refractivity (Wildman–Crippen MR) is 245 cm³/mol. The van der Waals surface area contributed by atoms with Gasteiger partial charge >= 0.3 is 0 Å². The topological polar surface area (TPSA) is 30.7 Å². The highest BCUT2D eigenvalue weighted by atomic mass is 32.2. The van der Waals surface area contributed by atoms with Crippen molar-refractivity contribution in [2.24, 2.45) is 0 Å². The monoisotopic (exact) mass is 787 g/mol. The van der Waals surface area contributed by atoms with Crippen LogP contribution >= 0.6 is 21.7 Å². The second-order valence-electron chi connectivity index (χ2n) is 16.0. The first-order chi connectivity index (χ1) is 28.8. The van der Waals surface area contributed by atoms with Crippen LogP contribution in [0.1, 0.15) is 44.5 Å². The maximum atomic E-state index is 5.39. The minimum absolute atomic E-state index is 0. The minimum atomic E-state index is -0.650. The summed E-state index contributed by atoms with van der Waals surface area (Å²) < 4.78 is 2.39. The molecule has 276 valence electrons. The third-order valence-electron chi connectivity index (χ3n) is 13.6. The van der Waals surface area contributed by atoms with Gasteiger partial charge in [-0.25, -0.2) is 0 Å². The minimum Gasteiger partial charge on any atom is -0.308 e. The number of rotatable bonds is 1. The lowest BCUT2D eigenvalue weighted by Gasteiger charge is -2.40. The first-order valence-corrected chi connectivity index (χ1v) is 20.8. The van der Waals surface area contributed by atoms with E-state index in [1.807, 2.05) is 18.0 Å². The van der Waals surface area contributed by atoms with E-state index < -0.39 is 10.8 Å². The van der Waals surface area contributed by atoms with Gasteiger partial charge in [0.05, 0.1) is 45.1 Å². The van der Waals surface area contributed by atoms with E-state index in [0.717, 1.165) is 17.1 Å². The highest BCUT2D eigenvalue weighted by molar-refractivity contribution is 7.99. The summed E-state index contributed by atoms with van der Waals surface area (Å²) in [6.07, 6.45) is 3.98. The molecular formula is C54H34N3PS. The molecule has 2 spiro atoms. The molecule has 2 atom stereocenters. The second kappa shape index (κ2) is 11.8. The van der Waals surface area contributed by atoms with Crippen molar-refractivity contribution < 1.29 is 0 Å². The van der Waals surface area contributed by atoms with E-state index in [1.54, 1.807) is 0 Å². The zero-order valence-electron chi connectivity index (χ0n) is 31.9. The molecule has 3 aromatic heterocycles. The smallest absolute Gasteiger partial charge is 0.0939 e. The molecule has 0 fully saturated rings. The average molecular weight is 788 g/mol. The highest BCUT2D eigenvalue weighted by Crippen LogP contribution is 2.67. The Kier molecular flexibility index (Phi) is 6.66. The van der Waals surface area contributed by atoms with Crippen molar-refractivity contribution in [3.63, 3.8) is 0 Å². The van der Waals surface area contributed by atoms with Gasteiger partial charge < -0.3 is 4.57 Å². The zero-order chi connectivity index (χ0) is 37.7. The Bertz CT molecular complexity index is 3370. The first-order valence-electron chi connectivity index (χ1n) is 20.0. The highest BCUT2D eigenvalue weighted by Gasteiger charge is 2.56. The average Bonchev–Trinajstić information content (AvgIpc) is 3.97. The lowest BCUT2D eigenvalue weighted by molar-refractivity contribution is 0.714. The molecule has 0 saturated carbocycles. The van der Waals surface area contributed by atoms with Crippen molar-refractivity contribution in [2.45, 2.75) is 20.6 Å². The van der Waals surface area contributed by atoms with Crippen molar-refractivity contribution in [1.29, 1.82) is 0 Å². The number of aromatic nitrogens is 3.